The molecule has 2 aromatic rings. The third-order valence-electron chi connectivity index (χ3n) is 6.63. The van der Waals surface area contributed by atoms with Gasteiger partial charge < -0.3 is 9.47 Å². The van der Waals surface area contributed by atoms with Crippen LogP contribution in [0.4, 0.5) is 4.79 Å². The fraction of sp³-hybridized carbons (Fsp3) is 0.360. The molecule has 2 atom stereocenters. The van der Waals surface area contributed by atoms with Gasteiger partial charge in [0.1, 0.15) is 0 Å². The van der Waals surface area contributed by atoms with Gasteiger partial charge >= 0.3 is 0 Å². The van der Waals surface area contributed by atoms with Gasteiger partial charge in [-0.05, 0) is 48.7 Å². The number of aryl methyl sites for hydroxylation is 1. The number of likely N-dealkylation sites (tertiary alicyclic amines) is 1. The van der Waals surface area contributed by atoms with Gasteiger partial charge in [0, 0.05) is 50.3 Å². The van der Waals surface area contributed by atoms with Gasteiger partial charge in [-0.3, -0.25) is 24.1 Å². The lowest BCUT2D eigenvalue weighted by molar-refractivity contribution is -0.134. The van der Waals surface area contributed by atoms with Crippen molar-refractivity contribution in [3.8, 4) is 0 Å². The first-order chi connectivity index (χ1) is 15.9. The van der Waals surface area contributed by atoms with Crippen molar-refractivity contribution in [1.82, 2.24) is 14.4 Å². The number of carbonyl (C=O) groups excluding carboxylic acids is 3. The lowest BCUT2D eigenvalue weighted by Gasteiger charge is -2.42. The molecule has 2 unspecified atom stereocenters. The van der Waals surface area contributed by atoms with Gasteiger partial charge in [0.15, 0.2) is 0 Å². The van der Waals surface area contributed by atoms with Crippen molar-refractivity contribution in [2.24, 2.45) is 5.92 Å². The molecule has 0 spiro atoms. The Morgan fingerprint density at radius 3 is 2.64 bits per heavy atom. The molecule has 3 amide bonds. The van der Waals surface area contributed by atoms with Crippen LogP contribution in [0, 0.1) is 12.8 Å². The maximum Gasteiger partial charge on any atom is 0.293 e. The second-order valence-electron chi connectivity index (χ2n) is 8.99. The third kappa shape index (κ3) is 4.27. The summed E-state index contributed by atoms with van der Waals surface area (Å²) in [4.78, 5) is 53.7. The molecular formula is C25H25N3O4S. The van der Waals surface area contributed by atoms with E-state index in [2.05, 4.69) is 0 Å². The maximum absolute atomic E-state index is 13.0. The number of fused-ring (bicyclic) bond motifs is 4. The molecular weight excluding hydrogens is 438 g/mol. The van der Waals surface area contributed by atoms with Crippen LogP contribution in [-0.4, -0.2) is 51.1 Å². The van der Waals surface area contributed by atoms with Crippen molar-refractivity contribution in [1.29, 1.82) is 0 Å². The summed E-state index contributed by atoms with van der Waals surface area (Å²) >= 11 is 0.917. The zero-order valence-corrected chi connectivity index (χ0v) is 19.2. The van der Waals surface area contributed by atoms with E-state index in [1.807, 2.05) is 46.7 Å². The number of imide groups is 1. The average molecular weight is 464 g/mol. The molecule has 0 aliphatic carbocycles. The Morgan fingerprint density at radius 2 is 1.85 bits per heavy atom. The van der Waals surface area contributed by atoms with Crippen molar-refractivity contribution >= 4 is 34.9 Å². The predicted molar refractivity (Wildman–Crippen MR) is 127 cm³/mol. The lowest BCUT2D eigenvalue weighted by atomic mass is 9.83. The Hall–Kier alpha value is -3.13. The van der Waals surface area contributed by atoms with Gasteiger partial charge in [0.05, 0.1) is 4.91 Å². The summed E-state index contributed by atoms with van der Waals surface area (Å²) in [5, 5.41) is -0.338. The monoisotopic (exact) mass is 463 g/mol. The number of hydrogen-bond acceptors (Lipinski definition) is 5. The normalized spacial score (nSPS) is 23.2. The number of pyridine rings is 1. The van der Waals surface area contributed by atoms with Crippen LogP contribution in [0.5, 0.6) is 0 Å². The average Bonchev–Trinajstić information content (AvgIpc) is 3.06. The number of nitrogens with zero attached hydrogens (tertiary/aromatic N) is 3. The number of amides is 3. The minimum absolute atomic E-state index is 0.0139. The number of rotatable bonds is 4. The van der Waals surface area contributed by atoms with Crippen LogP contribution >= 0.6 is 11.8 Å². The first kappa shape index (κ1) is 21.7. The van der Waals surface area contributed by atoms with E-state index < -0.39 is 0 Å². The summed E-state index contributed by atoms with van der Waals surface area (Å²) in [6, 6.07) is 13.1. The Morgan fingerprint density at radius 1 is 1.06 bits per heavy atom. The molecule has 2 fully saturated rings. The van der Waals surface area contributed by atoms with Gasteiger partial charge in [-0.1, -0.05) is 35.9 Å². The molecule has 1 aromatic carbocycles. The summed E-state index contributed by atoms with van der Waals surface area (Å²) in [6.45, 7) is 3.86. The Bertz CT molecular complexity index is 1220. The highest BCUT2D eigenvalue weighted by atomic mass is 32.2. The summed E-state index contributed by atoms with van der Waals surface area (Å²) in [5.74, 6) is -0.0138. The number of aromatic nitrogens is 1. The Balaban J connectivity index is 1.22. The second-order valence-corrected chi connectivity index (χ2v) is 9.98. The lowest BCUT2D eigenvalue weighted by Crippen LogP contribution is -2.49. The zero-order chi connectivity index (χ0) is 23.1. The molecule has 2 saturated heterocycles. The molecule has 33 heavy (non-hydrogen) atoms. The number of thioether (sulfide) groups is 1. The van der Waals surface area contributed by atoms with Crippen LogP contribution < -0.4 is 5.56 Å². The Kier molecular flexibility index (Phi) is 5.70. The first-order valence-corrected chi connectivity index (χ1v) is 12.0. The second kappa shape index (κ2) is 8.67. The molecule has 0 N–H and O–H groups in total. The SMILES string of the molecule is Cc1ccc(C=C2SC(=O)N(CCC(=O)N3CC4CC(C3)c3cccc(=O)n3C4)C2=O)cc1. The molecule has 0 radical (unpaired) electrons. The summed E-state index contributed by atoms with van der Waals surface area (Å²) in [7, 11) is 0. The number of piperidine rings is 1. The van der Waals surface area contributed by atoms with E-state index in [1.165, 1.54) is 4.90 Å². The van der Waals surface area contributed by atoms with E-state index in [9.17, 15) is 19.2 Å². The van der Waals surface area contributed by atoms with E-state index >= 15 is 0 Å². The molecule has 7 nitrogen and oxygen atoms in total. The van der Waals surface area contributed by atoms with Crippen LogP contribution in [0.1, 0.15) is 35.6 Å². The summed E-state index contributed by atoms with van der Waals surface area (Å²) in [5.41, 5.74) is 2.99. The van der Waals surface area contributed by atoms with Gasteiger partial charge in [0.2, 0.25) is 5.91 Å². The molecule has 3 aliphatic heterocycles. The highest BCUT2D eigenvalue weighted by Gasteiger charge is 2.38. The molecule has 8 heteroatoms. The third-order valence-corrected chi connectivity index (χ3v) is 7.54. The minimum atomic E-state index is -0.345. The van der Waals surface area contributed by atoms with Crippen LogP contribution in [0.15, 0.2) is 52.2 Å². The van der Waals surface area contributed by atoms with E-state index in [0.29, 0.717) is 24.5 Å². The van der Waals surface area contributed by atoms with Crippen LogP contribution in [0.2, 0.25) is 0 Å². The predicted octanol–water partition coefficient (Wildman–Crippen LogP) is 3.23. The van der Waals surface area contributed by atoms with Gasteiger partial charge in [-0.25, -0.2) is 0 Å². The van der Waals surface area contributed by atoms with E-state index in [0.717, 1.165) is 35.0 Å². The molecule has 4 heterocycles. The van der Waals surface area contributed by atoms with Crippen LogP contribution in [-0.2, 0) is 16.1 Å². The zero-order valence-electron chi connectivity index (χ0n) is 18.4. The van der Waals surface area contributed by atoms with E-state index in [4.69, 9.17) is 0 Å². The largest absolute Gasteiger partial charge is 0.342 e. The van der Waals surface area contributed by atoms with Crippen LogP contribution in [0.3, 0.4) is 0 Å². The smallest absolute Gasteiger partial charge is 0.293 e. The fourth-order valence-electron chi connectivity index (χ4n) is 4.97. The van der Waals surface area contributed by atoms with Gasteiger partial charge in [-0.15, -0.1) is 0 Å². The minimum Gasteiger partial charge on any atom is -0.342 e. The van der Waals surface area contributed by atoms with E-state index in [-0.39, 0.29) is 47.4 Å². The van der Waals surface area contributed by atoms with Crippen molar-refractivity contribution in [3.05, 3.63) is 74.5 Å². The van der Waals surface area contributed by atoms with Gasteiger partial charge in [0.25, 0.3) is 16.7 Å². The highest BCUT2D eigenvalue weighted by Crippen LogP contribution is 2.36. The molecule has 5 rings (SSSR count). The standard InChI is InChI=1S/C25H25N3O4S/c1-16-5-7-17(8-6-16)12-21-24(31)27(25(32)33-21)10-9-22(29)26-13-18-11-19(15-26)20-3-2-4-23(30)28(20)14-18/h2-8,12,18-19H,9-11,13-15H2,1H3. The van der Waals surface area contributed by atoms with Crippen molar-refractivity contribution in [3.63, 3.8) is 0 Å². The van der Waals surface area contributed by atoms with Crippen molar-refractivity contribution in [2.45, 2.75) is 32.2 Å². The molecule has 170 valence electrons. The van der Waals surface area contributed by atoms with E-state index in [1.54, 1.807) is 18.2 Å². The number of benzene rings is 1. The molecule has 1 aromatic heterocycles. The fourth-order valence-corrected chi connectivity index (χ4v) is 5.84. The van der Waals surface area contributed by atoms with Crippen LogP contribution in [0.25, 0.3) is 6.08 Å². The quantitative estimate of drug-likeness (QED) is 0.651. The maximum atomic E-state index is 13.0. The number of carbonyl (C=O) groups is 3. The summed E-state index contributed by atoms with van der Waals surface area (Å²) in [6.07, 6.45) is 2.80. The first-order valence-electron chi connectivity index (χ1n) is 11.2. The summed E-state index contributed by atoms with van der Waals surface area (Å²) < 4.78 is 1.83. The van der Waals surface area contributed by atoms with Gasteiger partial charge in [-0.2, -0.15) is 0 Å². The molecule has 2 bridgehead atoms. The molecule has 3 aliphatic rings. The van der Waals surface area contributed by atoms with Crippen molar-refractivity contribution in [2.75, 3.05) is 19.6 Å². The van der Waals surface area contributed by atoms with Crippen molar-refractivity contribution < 1.29 is 14.4 Å². The highest BCUT2D eigenvalue weighted by molar-refractivity contribution is 8.18. The Labute approximate surface area is 196 Å². The number of hydrogen-bond donors (Lipinski definition) is 0. The molecule has 0 saturated carbocycles. The topological polar surface area (TPSA) is 79.7 Å².